The van der Waals surface area contributed by atoms with E-state index in [1.807, 2.05) is 48.5 Å². The van der Waals surface area contributed by atoms with Gasteiger partial charge in [-0.25, -0.2) is 24.0 Å². The second-order valence-electron chi connectivity index (χ2n) is 30.4. The van der Waals surface area contributed by atoms with E-state index in [1.54, 1.807) is 193 Å². The number of carbonyl (C=O) groups is 13. The summed E-state index contributed by atoms with van der Waals surface area (Å²) in [6.45, 7) is 20.9. The van der Waals surface area contributed by atoms with Gasteiger partial charge in [-0.1, -0.05) is 126 Å². The van der Waals surface area contributed by atoms with Crippen molar-refractivity contribution in [3.8, 4) is 0 Å². The molecule has 117 heavy (non-hydrogen) atoms. The molecule has 0 bridgehead atoms. The van der Waals surface area contributed by atoms with E-state index in [2.05, 4.69) is 31.6 Å². The predicted molar refractivity (Wildman–Crippen MR) is 453 cm³/mol. The molecule has 2 aliphatic heterocycles. The van der Waals surface area contributed by atoms with Gasteiger partial charge in [0.2, 0.25) is 23.6 Å². The Morgan fingerprint density at radius 2 is 0.889 bits per heavy atom. The Balaban J connectivity index is 0.000000344. The van der Waals surface area contributed by atoms with E-state index in [9.17, 15) is 62.3 Å². The van der Waals surface area contributed by atoms with Gasteiger partial charge in [0.1, 0.15) is 41.0 Å². The number of ketones is 2. The summed E-state index contributed by atoms with van der Waals surface area (Å²) in [5, 5.41) is 14.6. The molecule has 0 aromatic heterocycles. The molecule has 8 rings (SSSR count). The maximum atomic E-state index is 13.2. The molecule has 1 saturated heterocycles. The standard InChI is InChI=1S/C32H43ClN4O7.C20H33N3O8.C16H15ClN2O2.C16H13ClN2O.BrH/c1-31(2,3)43-29(41)34-18-12-11-15-24(36-30(42)44-32(4,5)6)28(40)35-20-26(38)37(7)25-17-16-22(33)19-23(25)27(39)21-13-9-8-10-14-21;1-19(2,3)29-17(27)21-12-8-7-9-13(22-18(28)30-20(4,5)6)16(26)31-23-14(24)10-11-15(23)25;1-19(15(20)10-18)14-8-7-12(17)9-13(14)16(21)11-5-3-2-4-6-11;1-19-14-8-7-12(17)9-13(14)16(18-10-15(19)20)11-5-3-2-4-6-11;/h8-10,13-14,16-17,19,24H,11-12,15,18,20H2,1-7H3,(H,34,41)(H,35,40)(H,36,42);13H,7-12H2,1-6H3,(H,21,27)(H,22,28);2-9H,10,18H2,1H3;2-9H,10H2,1H3;1H/t24-;13-;;;/m00.../s1. The van der Waals surface area contributed by atoms with Crippen LogP contribution in [-0.2, 0) is 57.3 Å². The van der Waals surface area contributed by atoms with Crippen molar-refractivity contribution in [2.24, 2.45) is 10.7 Å². The Hall–Kier alpha value is -10.8. The van der Waals surface area contributed by atoms with Crippen molar-refractivity contribution in [3.63, 3.8) is 0 Å². The Kier molecular flexibility index (Phi) is 38.9. The van der Waals surface area contributed by atoms with Gasteiger partial charge in [0.05, 0.1) is 35.9 Å². The lowest BCUT2D eigenvalue weighted by atomic mass is 10.0. The number of hydrogen-bond donors (Lipinski definition) is 6. The summed E-state index contributed by atoms with van der Waals surface area (Å²) in [5.74, 6) is -4.07. The SMILES string of the molecule is Br.CC(C)(C)OC(=O)NCCCC[C@H](NC(=O)OC(C)(C)C)C(=O)ON1C(=O)CCC1=O.CN(C(=O)CN)c1ccc(Cl)cc1C(=O)c1ccccc1.CN(C(=O)CNC(=O)[C@H](CCCCNC(=O)OC(C)(C)C)NC(=O)OC(C)(C)C)c1ccc(Cl)cc1C(=O)c1ccccc1.CN1C(=O)CN=C(c2ccccc2)c2cc(Cl)ccc21. The molecule has 0 spiro atoms. The van der Waals surface area contributed by atoms with Crippen LogP contribution in [0.25, 0.3) is 0 Å². The van der Waals surface area contributed by atoms with Gasteiger partial charge in [-0.15, -0.1) is 22.0 Å². The third kappa shape index (κ3) is 34.1. The van der Waals surface area contributed by atoms with Crippen molar-refractivity contribution < 1.29 is 86.1 Å². The molecule has 0 unspecified atom stereocenters. The smallest absolute Gasteiger partial charge is 0.408 e. The number of anilines is 3. The van der Waals surface area contributed by atoms with E-state index in [0.717, 1.165) is 22.5 Å². The number of nitrogens with two attached hydrogens (primary N) is 1. The molecule has 33 heteroatoms. The molecule has 0 aliphatic carbocycles. The summed E-state index contributed by atoms with van der Waals surface area (Å²) >= 11 is 18.3. The number of amides is 10. The number of rotatable bonds is 25. The maximum absolute atomic E-state index is 13.2. The highest BCUT2D eigenvalue weighted by atomic mass is 79.9. The first kappa shape index (κ1) is 98.6. The van der Waals surface area contributed by atoms with Crippen LogP contribution >= 0.6 is 51.8 Å². The summed E-state index contributed by atoms with van der Waals surface area (Å²) in [4.78, 5) is 173. The molecule has 6 aromatic carbocycles. The molecule has 2 heterocycles. The molecule has 2 atom stereocenters. The number of nitrogens with one attached hydrogen (secondary N) is 5. The molecule has 0 radical (unpaired) electrons. The Morgan fingerprint density at radius 1 is 0.496 bits per heavy atom. The largest absolute Gasteiger partial charge is 0.444 e. The third-order valence-corrected chi connectivity index (χ3v) is 17.0. The summed E-state index contributed by atoms with van der Waals surface area (Å²) in [5.41, 5.74) is 8.48. The predicted octanol–water partition coefficient (Wildman–Crippen LogP) is 13.6. The van der Waals surface area contributed by atoms with Gasteiger partial charge < -0.3 is 70.8 Å². The van der Waals surface area contributed by atoms with E-state index in [0.29, 0.717) is 87.0 Å². The van der Waals surface area contributed by atoms with Gasteiger partial charge in [0, 0.05) is 95.5 Å². The lowest BCUT2D eigenvalue weighted by molar-refractivity contribution is -0.199. The first-order valence-electron chi connectivity index (χ1n) is 37.3. The number of nitrogens with zero attached hydrogens (tertiary/aromatic N) is 5. The van der Waals surface area contributed by atoms with Crippen LogP contribution in [0, 0.1) is 0 Å². The monoisotopic (exact) mass is 1740 g/mol. The van der Waals surface area contributed by atoms with Crippen molar-refractivity contribution in [2.45, 2.75) is 169 Å². The zero-order chi connectivity index (χ0) is 86.4. The number of alkyl carbamates (subject to hydrolysis) is 4. The lowest BCUT2D eigenvalue weighted by Gasteiger charge is -2.24. The molecule has 1 fully saturated rings. The van der Waals surface area contributed by atoms with Gasteiger partial charge >= 0.3 is 30.3 Å². The fraction of sp³-hybridized carbons (Fsp3) is 0.405. The second-order valence-corrected chi connectivity index (χ2v) is 31.7. The number of unbranched alkanes of at least 4 members (excludes halogenated alkanes) is 2. The fourth-order valence-corrected chi connectivity index (χ4v) is 11.3. The number of benzodiazepines with no additional fused rings is 1. The van der Waals surface area contributed by atoms with Crippen LogP contribution in [0.15, 0.2) is 151 Å². The number of benzene rings is 6. The van der Waals surface area contributed by atoms with E-state index in [-0.39, 0.29) is 84.7 Å². The Labute approximate surface area is 707 Å². The van der Waals surface area contributed by atoms with Gasteiger partial charge in [-0.05, 0) is 176 Å². The van der Waals surface area contributed by atoms with Gasteiger partial charge in [-0.3, -0.25) is 43.3 Å². The number of hydrogen-bond acceptors (Lipinski definition) is 20. The minimum atomic E-state index is -1.14. The highest BCUT2D eigenvalue weighted by Gasteiger charge is 2.37. The minimum absolute atomic E-state index is 0. The van der Waals surface area contributed by atoms with Crippen molar-refractivity contribution in [1.29, 1.82) is 0 Å². The van der Waals surface area contributed by atoms with Gasteiger partial charge in [0.25, 0.3) is 11.8 Å². The molecule has 2 aliphatic rings. The average molecular weight is 1740 g/mol. The molecule has 0 saturated carbocycles. The van der Waals surface area contributed by atoms with Crippen LogP contribution in [0.1, 0.15) is 177 Å². The van der Waals surface area contributed by atoms with Gasteiger partial charge in [0.15, 0.2) is 11.6 Å². The Morgan fingerprint density at radius 3 is 1.32 bits per heavy atom. The summed E-state index contributed by atoms with van der Waals surface area (Å²) < 4.78 is 20.8. The van der Waals surface area contributed by atoms with Crippen LogP contribution in [-0.4, -0.2) is 176 Å². The topological polar surface area (TPSA) is 380 Å². The Bertz CT molecular complexity index is 4480. The zero-order valence-electron chi connectivity index (χ0n) is 68.4. The quantitative estimate of drug-likeness (QED) is 0.0134. The number of ether oxygens (including phenoxy) is 4. The molecule has 7 N–H and O–H groups in total. The second kappa shape index (κ2) is 46.2. The van der Waals surface area contributed by atoms with Crippen molar-refractivity contribution in [3.05, 3.63) is 194 Å². The molecule has 10 amide bonds. The van der Waals surface area contributed by atoms with Gasteiger partial charge in [-0.2, -0.15) is 0 Å². The molecule has 632 valence electrons. The van der Waals surface area contributed by atoms with Crippen LogP contribution < -0.4 is 47.0 Å². The molecule has 29 nitrogen and oxygen atoms in total. The van der Waals surface area contributed by atoms with E-state index in [1.165, 1.54) is 22.9 Å². The summed E-state index contributed by atoms with van der Waals surface area (Å²) in [7, 11) is 4.84. The highest BCUT2D eigenvalue weighted by molar-refractivity contribution is 8.93. The molecule has 6 aromatic rings. The fourth-order valence-electron chi connectivity index (χ4n) is 10.8. The first-order valence-corrected chi connectivity index (χ1v) is 38.4. The third-order valence-electron chi connectivity index (χ3n) is 16.3. The van der Waals surface area contributed by atoms with Crippen LogP contribution in [0.5, 0.6) is 0 Å². The number of fused-ring (bicyclic) bond motifs is 1. The van der Waals surface area contributed by atoms with Crippen molar-refractivity contribution in [1.82, 2.24) is 31.6 Å². The number of aliphatic imine (C=N–C) groups is 1. The molecular formula is C84H105BrCl3N11O18. The zero-order valence-corrected chi connectivity index (χ0v) is 72.4. The highest BCUT2D eigenvalue weighted by Crippen LogP contribution is 2.31. The van der Waals surface area contributed by atoms with Crippen LogP contribution in [0.3, 0.4) is 0 Å². The minimum Gasteiger partial charge on any atom is -0.444 e. The summed E-state index contributed by atoms with van der Waals surface area (Å²) in [6.07, 6.45) is -0.534. The number of carbonyl (C=O) groups excluding carboxylic acids is 13. The number of hydroxylamine groups is 2. The van der Waals surface area contributed by atoms with Crippen LogP contribution in [0.2, 0.25) is 15.1 Å². The first-order chi connectivity index (χ1) is 54.3. The van der Waals surface area contributed by atoms with E-state index < -0.39 is 95.0 Å². The number of halogens is 4. The van der Waals surface area contributed by atoms with Crippen molar-refractivity contribution >= 4 is 152 Å². The van der Waals surface area contributed by atoms with E-state index in [4.69, 9.17) is 64.3 Å². The normalized spacial score (nSPS) is 12.9. The van der Waals surface area contributed by atoms with Crippen LogP contribution in [0.4, 0.5) is 36.2 Å². The average Bonchev–Trinajstić information content (AvgIpc) is 1.77. The lowest BCUT2D eigenvalue weighted by Crippen LogP contribution is -2.50. The summed E-state index contributed by atoms with van der Waals surface area (Å²) in [6, 6.07) is 40.1. The van der Waals surface area contributed by atoms with E-state index >= 15 is 0 Å². The van der Waals surface area contributed by atoms with Crippen molar-refractivity contribution in [2.75, 3.05) is 68.6 Å². The number of imide groups is 1. The maximum Gasteiger partial charge on any atom is 0.408 e. The molecular weight excluding hydrogens is 1640 g/mol. The number of likely N-dealkylation sites (N-methyl/N-ethyl adjacent to an activating group) is 3.